The number of aromatic nitrogens is 3. The average molecular weight is 362 g/mol. The zero-order valence-electron chi connectivity index (χ0n) is 14.8. The Labute approximate surface area is 155 Å². The summed E-state index contributed by atoms with van der Waals surface area (Å²) < 4.78 is 12.6. The summed E-state index contributed by atoms with van der Waals surface area (Å²) in [4.78, 5) is 17.5. The third-order valence-corrected chi connectivity index (χ3v) is 5.24. The number of furan rings is 1. The molecule has 0 saturated heterocycles. The lowest BCUT2D eigenvalue weighted by molar-refractivity contribution is -0.117. The largest absolute Gasteiger partial charge is 0.497 e. The first-order valence-electron chi connectivity index (χ1n) is 8.84. The number of benzene rings is 1. The summed E-state index contributed by atoms with van der Waals surface area (Å²) in [6.45, 7) is 0. The molecule has 0 fully saturated rings. The van der Waals surface area contributed by atoms with Gasteiger partial charge in [-0.1, -0.05) is 12.1 Å². The first-order chi connectivity index (χ1) is 13.2. The normalized spacial score (nSPS) is 21.4. The molecular formula is C20H18N4O3. The van der Waals surface area contributed by atoms with Crippen molar-refractivity contribution in [2.24, 2.45) is 0 Å². The lowest BCUT2D eigenvalue weighted by atomic mass is 9.79. The van der Waals surface area contributed by atoms with Crippen molar-refractivity contribution >= 4 is 11.7 Å². The van der Waals surface area contributed by atoms with E-state index < -0.39 is 0 Å². The molecule has 0 radical (unpaired) electrons. The van der Waals surface area contributed by atoms with Gasteiger partial charge in [-0.3, -0.25) is 4.79 Å². The van der Waals surface area contributed by atoms with Crippen molar-refractivity contribution in [1.29, 1.82) is 0 Å². The molecule has 0 amide bonds. The molecule has 2 aromatic heterocycles. The first-order valence-corrected chi connectivity index (χ1v) is 8.84. The van der Waals surface area contributed by atoms with E-state index in [1.807, 2.05) is 36.4 Å². The molecule has 7 nitrogen and oxygen atoms in total. The van der Waals surface area contributed by atoms with Crippen LogP contribution in [0.2, 0.25) is 0 Å². The van der Waals surface area contributed by atoms with Gasteiger partial charge < -0.3 is 14.5 Å². The Kier molecular flexibility index (Phi) is 3.60. The summed E-state index contributed by atoms with van der Waals surface area (Å²) in [5.74, 6) is 2.39. The predicted molar refractivity (Wildman–Crippen MR) is 97.5 cm³/mol. The third kappa shape index (κ3) is 2.54. The quantitative estimate of drug-likeness (QED) is 0.770. The molecule has 2 aliphatic rings. The van der Waals surface area contributed by atoms with E-state index in [1.165, 1.54) is 6.33 Å². The molecule has 3 heterocycles. The number of carbonyl (C=O) groups is 1. The minimum atomic E-state index is -0.297. The second-order valence-corrected chi connectivity index (χ2v) is 6.76. The van der Waals surface area contributed by atoms with E-state index >= 15 is 0 Å². The minimum Gasteiger partial charge on any atom is -0.497 e. The monoisotopic (exact) mass is 362 g/mol. The topological polar surface area (TPSA) is 82.2 Å². The molecule has 0 spiro atoms. The molecule has 0 saturated carbocycles. The standard InChI is InChI=1S/C20H18N4O3/c1-26-14-6-4-12(5-7-14)19-18-15(23-20-21-11-22-24(19)20)9-13(10-16(18)25)17-3-2-8-27-17/h2-8,11,13,19H,9-10H2,1H3,(H,21,22,23)/t13-,19+/m0/s1. The molecule has 1 N–H and O–H groups in total. The second kappa shape index (κ2) is 6.12. The number of rotatable bonds is 3. The van der Waals surface area contributed by atoms with Gasteiger partial charge in [0.1, 0.15) is 23.9 Å². The number of carbonyl (C=O) groups excluding carboxylic acids is 1. The molecule has 7 heteroatoms. The fourth-order valence-electron chi connectivity index (χ4n) is 3.97. The highest BCUT2D eigenvalue weighted by Gasteiger charge is 2.39. The van der Waals surface area contributed by atoms with Crippen molar-refractivity contribution in [3.8, 4) is 5.75 Å². The van der Waals surface area contributed by atoms with E-state index in [0.29, 0.717) is 18.8 Å². The summed E-state index contributed by atoms with van der Waals surface area (Å²) in [5, 5.41) is 7.66. The van der Waals surface area contributed by atoms with E-state index in [-0.39, 0.29) is 17.7 Å². The number of ether oxygens (including phenoxy) is 1. The second-order valence-electron chi connectivity index (χ2n) is 6.76. The van der Waals surface area contributed by atoms with Crippen molar-refractivity contribution in [3.63, 3.8) is 0 Å². The molecule has 136 valence electrons. The van der Waals surface area contributed by atoms with Gasteiger partial charge in [0, 0.05) is 23.6 Å². The zero-order valence-corrected chi connectivity index (χ0v) is 14.8. The Balaban J connectivity index is 1.60. The Hall–Kier alpha value is -3.35. The summed E-state index contributed by atoms with van der Waals surface area (Å²) in [7, 11) is 1.63. The Morgan fingerprint density at radius 3 is 2.81 bits per heavy atom. The molecule has 27 heavy (non-hydrogen) atoms. The molecule has 1 aliphatic carbocycles. The molecule has 1 aromatic carbocycles. The van der Waals surface area contributed by atoms with E-state index in [1.54, 1.807) is 18.1 Å². The van der Waals surface area contributed by atoms with Crippen LogP contribution in [0.4, 0.5) is 5.95 Å². The van der Waals surface area contributed by atoms with Crippen LogP contribution in [0.3, 0.4) is 0 Å². The minimum absolute atomic E-state index is 0.0322. The van der Waals surface area contributed by atoms with Gasteiger partial charge >= 0.3 is 0 Å². The van der Waals surface area contributed by atoms with Gasteiger partial charge in [-0.25, -0.2) is 4.68 Å². The van der Waals surface area contributed by atoms with Crippen molar-refractivity contribution in [3.05, 3.63) is 71.6 Å². The number of ketones is 1. The molecule has 5 rings (SSSR count). The van der Waals surface area contributed by atoms with Crippen LogP contribution in [-0.4, -0.2) is 27.7 Å². The summed E-state index contributed by atoms with van der Waals surface area (Å²) in [6.07, 6.45) is 4.28. The van der Waals surface area contributed by atoms with Gasteiger partial charge in [0.25, 0.3) is 0 Å². The maximum Gasteiger partial charge on any atom is 0.226 e. The van der Waals surface area contributed by atoms with Gasteiger partial charge in [-0.2, -0.15) is 10.1 Å². The lowest BCUT2D eigenvalue weighted by Crippen LogP contribution is -2.33. The maximum absolute atomic E-state index is 13.1. The summed E-state index contributed by atoms with van der Waals surface area (Å²) >= 11 is 0. The Morgan fingerprint density at radius 2 is 2.07 bits per heavy atom. The van der Waals surface area contributed by atoms with Crippen LogP contribution in [0.25, 0.3) is 0 Å². The number of anilines is 1. The van der Waals surface area contributed by atoms with Gasteiger partial charge in [0.2, 0.25) is 5.95 Å². The van der Waals surface area contributed by atoms with Crippen molar-refractivity contribution in [2.75, 3.05) is 12.4 Å². The van der Waals surface area contributed by atoms with Crippen LogP contribution in [0.1, 0.15) is 36.1 Å². The van der Waals surface area contributed by atoms with E-state index in [9.17, 15) is 4.79 Å². The van der Waals surface area contributed by atoms with Gasteiger partial charge in [0.15, 0.2) is 5.78 Å². The van der Waals surface area contributed by atoms with E-state index in [0.717, 1.165) is 28.3 Å². The summed E-state index contributed by atoms with van der Waals surface area (Å²) in [5.41, 5.74) is 2.62. The number of nitrogens with one attached hydrogen (secondary N) is 1. The number of Topliss-reactive ketones (excluding diaryl/α,β-unsaturated/α-hetero) is 1. The highest BCUT2D eigenvalue weighted by molar-refractivity contribution is 6.00. The van der Waals surface area contributed by atoms with E-state index in [2.05, 4.69) is 15.4 Å². The number of methoxy groups -OCH3 is 1. The van der Waals surface area contributed by atoms with E-state index in [4.69, 9.17) is 9.15 Å². The highest BCUT2D eigenvalue weighted by Crippen LogP contribution is 2.43. The first kappa shape index (κ1) is 15.9. The summed E-state index contributed by atoms with van der Waals surface area (Å²) in [6, 6.07) is 11.2. The lowest BCUT2D eigenvalue weighted by Gasteiger charge is -2.34. The van der Waals surface area contributed by atoms with Gasteiger partial charge in [-0.15, -0.1) is 0 Å². The van der Waals surface area contributed by atoms with Gasteiger partial charge in [-0.05, 0) is 36.2 Å². The maximum atomic E-state index is 13.1. The van der Waals surface area contributed by atoms with Crippen LogP contribution in [0.5, 0.6) is 5.75 Å². The fourth-order valence-corrected chi connectivity index (χ4v) is 3.97. The molecule has 0 unspecified atom stereocenters. The van der Waals surface area contributed by atoms with Crippen molar-refractivity contribution < 1.29 is 13.9 Å². The zero-order chi connectivity index (χ0) is 18.4. The Bertz CT molecular complexity index is 1020. The fraction of sp³-hybridized carbons (Fsp3) is 0.250. The number of fused-ring (bicyclic) bond motifs is 1. The number of hydrogen-bond donors (Lipinski definition) is 1. The smallest absolute Gasteiger partial charge is 0.226 e. The van der Waals surface area contributed by atoms with Crippen LogP contribution in [-0.2, 0) is 4.79 Å². The van der Waals surface area contributed by atoms with Crippen LogP contribution < -0.4 is 10.1 Å². The number of hydrogen-bond acceptors (Lipinski definition) is 6. The average Bonchev–Trinajstić information content (AvgIpc) is 3.38. The number of allylic oxidation sites excluding steroid dienone is 2. The van der Waals surface area contributed by atoms with Crippen LogP contribution in [0, 0.1) is 0 Å². The predicted octanol–water partition coefficient (Wildman–Crippen LogP) is 3.30. The van der Waals surface area contributed by atoms with Crippen LogP contribution in [0.15, 0.2) is 64.7 Å². The third-order valence-electron chi connectivity index (χ3n) is 5.24. The molecule has 2 atom stereocenters. The highest BCUT2D eigenvalue weighted by atomic mass is 16.5. The molecular weight excluding hydrogens is 344 g/mol. The SMILES string of the molecule is COc1ccc([C@@H]2C3=C(C[C@H](c4ccco4)CC3=O)Nc3ncnn32)cc1. The molecule has 1 aliphatic heterocycles. The van der Waals surface area contributed by atoms with Gasteiger partial charge in [0.05, 0.1) is 13.4 Å². The van der Waals surface area contributed by atoms with Crippen LogP contribution >= 0.6 is 0 Å². The molecule has 0 bridgehead atoms. The Morgan fingerprint density at radius 1 is 1.22 bits per heavy atom. The van der Waals surface area contributed by atoms with Crippen molar-refractivity contribution in [2.45, 2.75) is 24.8 Å². The van der Waals surface area contributed by atoms with Crippen molar-refractivity contribution in [1.82, 2.24) is 14.8 Å². The number of nitrogens with zero attached hydrogens (tertiary/aromatic N) is 3. The molecule has 3 aromatic rings.